The zero-order valence-electron chi connectivity index (χ0n) is 9.41. The van der Waals surface area contributed by atoms with Crippen molar-refractivity contribution < 1.29 is 9.66 Å². The topological polar surface area (TPSA) is 91.3 Å². The molecule has 0 radical (unpaired) electrons. The summed E-state index contributed by atoms with van der Waals surface area (Å²) in [5, 5.41) is 10.8. The lowest BCUT2D eigenvalue weighted by molar-refractivity contribution is -0.386. The van der Waals surface area contributed by atoms with Crippen LogP contribution in [-0.2, 0) is 0 Å². The smallest absolute Gasteiger partial charge is 0.330 e. The van der Waals surface area contributed by atoms with E-state index in [0.717, 1.165) is 25.7 Å². The van der Waals surface area contributed by atoms with Gasteiger partial charge in [0.15, 0.2) is 0 Å². The van der Waals surface area contributed by atoms with Crippen molar-refractivity contribution in [2.45, 2.75) is 37.8 Å². The molecule has 2 N–H and O–H groups in total. The first-order valence-corrected chi connectivity index (χ1v) is 5.70. The molecule has 1 aliphatic rings. The minimum Gasteiger partial charge on any atom is -0.468 e. The summed E-state index contributed by atoms with van der Waals surface area (Å²) < 4.78 is 5.58. The molecule has 0 aromatic carbocycles. The van der Waals surface area contributed by atoms with E-state index < -0.39 is 4.92 Å². The number of rotatable bonds is 3. The van der Waals surface area contributed by atoms with Crippen LogP contribution in [0.1, 0.15) is 25.7 Å². The van der Waals surface area contributed by atoms with Gasteiger partial charge in [-0.3, -0.25) is 10.1 Å². The highest BCUT2D eigenvalue weighted by atomic mass is 16.6. The largest absolute Gasteiger partial charge is 0.468 e. The molecule has 1 heterocycles. The van der Waals surface area contributed by atoms with Crippen LogP contribution in [0.2, 0.25) is 0 Å². The molecule has 2 atom stereocenters. The highest BCUT2D eigenvalue weighted by Gasteiger charge is 2.26. The molecule has 92 valence electrons. The maximum Gasteiger partial charge on any atom is 0.330 e. The van der Waals surface area contributed by atoms with Crippen molar-refractivity contribution in [3.8, 4) is 5.88 Å². The molecule has 1 aliphatic carbocycles. The Morgan fingerprint density at radius 2 is 2.24 bits per heavy atom. The van der Waals surface area contributed by atoms with Crippen LogP contribution in [0.4, 0.5) is 5.69 Å². The second-order valence-corrected chi connectivity index (χ2v) is 4.19. The lowest BCUT2D eigenvalue weighted by Gasteiger charge is -2.28. The number of pyridine rings is 1. The molecule has 6 heteroatoms. The summed E-state index contributed by atoms with van der Waals surface area (Å²) in [6.45, 7) is 0. The summed E-state index contributed by atoms with van der Waals surface area (Å²) >= 11 is 0. The molecular formula is C11H15N3O3. The summed E-state index contributed by atoms with van der Waals surface area (Å²) in [4.78, 5) is 14.2. The molecule has 0 aliphatic heterocycles. The molecule has 1 aromatic rings. The molecule has 0 saturated heterocycles. The molecule has 1 fully saturated rings. The van der Waals surface area contributed by atoms with E-state index in [-0.39, 0.29) is 23.7 Å². The van der Waals surface area contributed by atoms with Crippen LogP contribution in [0.25, 0.3) is 0 Å². The van der Waals surface area contributed by atoms with Crippen LogP contribution < -0.4 is 10.5 Å². The fraction of sp³-hybridized carbons (Fsp3) is 0.545. The quantitative estimate of drug-likeness (QED) is 0.637. The van der Waals surface area contributed by atoms with Crippen molar-refractivity contribution in [1.82, 2.24) is 4.98 Å². The second-order valence-electron chi connectivity index (χ2n) is 4.19. The minimum absolute atomic E-state index is 0.0645. The van der Waals surface area contributed by atoms with Gasteiger partial charge in [-0.1, -0.05) is 6.42 Å². The summed E-state index contributed by atoms with van der Waals surface area (Å²) in [5.74, 6) is 0.0693. The summed E-state index contributed by atoms with van der Waals surface area (Å²) in [6, 6.07) is 2.84. The van der Waals surface area contributed by atoms with E-state index in [4.69, 9.17) is 10.5 Å². The van der Waals surface area contributed by atoms with Crippen LogP contribution in [0.5, 0.6) is 5.88 Å². The van der Waals surface area contributed by atoms with Gasteiger partial charge in [0.2, 0.25) is 0 Å². The number of hydrogen-bond donors (Lipinski definition) is 1. The predicted octanol–water partition coefficient (Wildman–Crippen LogP) is 1.64. The summed E-state index contributed by atoms with van der Waals surface area (Å²) in [6.07, 6.45) is 5.17. The number of aromatic nitrogens is 1. The van der Waals surface area contributed by atoms with Crippen molar-refractivity contribution in [2.75, 3.05) is 0 Å². The maximum absolute atomic E-state index is 10.8. The molecule has 2 rings (SSSR count). The molecule has 2 unspecified atom stereocenters. The Balaban J connectivity index is 2.14. The van der Waals surface area contributed by atoms with E-state index in [0.29, 0.717) is 0 Å². The third-order valence-electron chi connectivity index (χ3n) is 2.96. The molecule has 6 nitrogen and oxygen atoms in total. The van der Waals surface area contributed by atoms with Gasteiger partial charge in [-0.15, -0.1) is 0 Å². The highest BCUT2D eigenvalue weighted by Crippen LogP contribution is 2.27. The Kier molecular flexibility index (Phi) is 3.53. The van der Waals surface area contributed by atoms with E-state index in [2.05, 4.69) is 4.98 Å². The summed E-state index contributed by atoms with van der Waals surface area (Å²) in [7, 11) is 0. The molecule has 1 saturated carbocycles. The van der Waals surface area contributed by atoms with E-state index in [9.17, 15) is 10.1 Å². The highest BCUT2D eigenvalue weighted by molar-refractivity contribution is 5.39. The fourth-order valence-corrected chi connectivity index (χ4v) is 2.03. The van der Waals surface area contributed by atoms with Gasteiger partial charge in [0.25, 0.3) is 5.88 Å². The zero-order chi connectivity index (χ0) is 12.3. The van der Waals surface area contributed by atoms with E-state index in [1.165, 1.54) is 18.3 Å². The molecule has 0 amide bonds. The number of hydrogen-bond acceptors (Lipinski definition) is 5. The van der Waals surface area contributed by atoms with Crippen LogP contribution >= 0.6 is 0 Å². The molecular weight excluding hydrogens is 222 g/mol. The standard InChI is InChI=1S/C11H15N3O3/c12-8-4-1-2-6-10(8)17-11-9(14(15)16)5-3-7-13-11/h3,5,7-8,10H,1-2,4,6,12H2. The van der Waals surface area contributed by atoms with Gasteiger partial charge < -0.3 is 10.5 Å². The minimum atomic E-state index is -0.489. The van der Waals surface area contributed by atoms with E-state index in [1.54, 1.807) is 0 Å². The number of ether oxygens (including phenoxy) is 1. The van der Waals surface area contributed by atoms with Gasteiger partial charge in [0.1, 0.15) is 6.10 Å². The Hall–Kier alpha value is -1.69. The van der Waals surface area contributed by atoms with Gasteiger partial charge in [-0.05, 0) is 25.3 Å². The zero-order valence-corrected chi connectivity index (χ0v) is 9.41. The average molecular weight is 237 g/mol. The van der Waals surface area contributed by atoms with Gasteiger partial charge >= 0.3 is 5.69 Å². The molecule has 0 spiro atoms. The first kappa shape index (κ1) is 11.8. The third kappa shape index (κ3) is 2.71. The van der Waals surface area contributed by atoms with Crippen molar-refractivity contribution in [2.24, 2.45) is 5.73 Å². The normalized spacial score (nSPS) is 24.3. The van der Waals surface area contributed by atoms with Crippen molar-refractivity contribution in [3.05, 3.63) is 28.4 Å². The van der Waals surface area contributed by atoms with Crippen molar-refractivity contribution in [1.29, 1.82) is 0 Å². The second kappa shape index (κ2) is 5.09. The van der Waals surface area contributed by atoms with Gasteiger partial charge in [0, 0.05) is 18.3 Å². The van der Waals surface area contributed by atoms with E-state index >= 15 is 0 Å². The SMILES string of the molecule is NC1CCCCC1Oc1ncccc1[N+](=O)[O-]. The summed E-state index contributed by atoms with van der Waals surface area (Å²) in [5.41, 5.74) is 5.82. The Labute approximate surface area is 98.9 Å². The van der Waals surface area contributed by atoms with Crippen LogP contribution in [0.3, 0.4) is 0 Å². The number of nitrogens with zero attached hydrogens (tertiary/aromatic N) is 2. The Morgan fingerprint density at radius 3 is 2.94 bits per heavy atom. The van der Waals surface area contributed by atoms with Gasteiger partial charge in [-0.2, -0.15) is 0 Å². The van der Waals surface area contributed by atoms with Gasteiger partial charge in [0.05, 0.1) is 4.92 Å². The van der Waals surface area contributed by atoms with Crippen LogP contribution in [0, 0.1) is 10.1 Å². The van der Waals surface area contributed by atoms with Crippen molar-refractivity contribution in [3.63, 3.8) is 0 Å². The van der Waals surface area contributed by atoms with Crippen molar-refractivity contribution >= 4 is 5.69 Å². The number of nitrogens with two attached hydrogens (primary N) is 1. The molecule has 17 heavy (non-hydrogen) atoms. The third-order valence-corrected chi connectivity index (χ3v) is 2.96. The first-order valence-electron chi connectivity index (χ1n) is 5.70. The fourth-order valence-electron chi connectivity index (χ4n) is 2.03. The van der Waals surface area contributed by atoms with Gasteiger partial charge in [-0.25, -0.2) is 4.98 Å². The van der Waals surface area contributed by atoms with E-state index in [1.807, 2.05) is 0 Å². The lowest BCUT2D eigenvalue weighted by Crippen LogP contribution is -2.41. The van der Waals surface area contributed by atoms with Crippen LogP contribution in [0.15, 0.2) is 18.3 Å². The predicted molar refractivity (Wildman–Crippen MR) is 61.8 cm³/mol. The molecule has 1 aromatic heterocycles. The monoisotopic (exact) mass is 237 g/mol. The lowest BCUT2D eigenvalue weighted by atomic mass is 9.93. The molecule has 0 bridgehead atoms. The number of nitro groups is 1. The Morgan fingerprint density at radius 1 is 1.47 bits per heavy atom. The maximum atomic E-state index is 10.8. The first-order chi connectivity index (χ1) is 8.18. The average Bonchev–Trinajstić information content (AvgIpc) is 2.32. The van der Waals surface area contributed by atoms with Crippen LogP contribution in [-0.4, -0.2) is 22.1 Å². The Bertz CT molecular complexity index is 411.